The largest absolute Gasteiger partial charge is 0.416 e. The maximum Gasteiger partial charge on any atom is 0.416 e. The van der Waals surface area contributed by atoms with Gasteiger partial charge in [0.2, 0.25) is 0 Å². The molecule has 4 heteroatoms. The van der Waals surface area contributed by atoms with Crippen molar-refractivity contribution in [3.63, 3.8) is 0 Å². The molecule has 0 radical (unpaired) electrons. The van der Waals surface area contributed by atoms with Crippen molar-refractivity contribution in [1.29, 1.82) is 0 Å². The molecule has 0 unspecified atom stereocenters. The predicted octanol–water partition coefficient (Wildman–Crippen LogP) is 3.78. The van der Waals surface area contributed by atoms with Crippen molar-refractivity contribution in [2.24, 2.45) is 0 Å². The standard InChI is InChI=1S/C12H13F3O/c1-4-10-7(2)5-9(12(13,14)15)6-11(10)8(3)16/h5-6H,4H2,1-3H3. The zero-order chi connectivity index (χ0) is 12.5. The van der Waals surface area contributed by atoms with E-state index in [1.807, 2.05) is 6.92 Å². The Balaban J connectivity index is 3.46. The van der Waals surface area contributed by atoms with Crippen LogP contribution in [0.15, 0.2) is 12.1 Å². The van der Waals surface area contributed by atoms with E-state index in [1.54, 1.807) is 6.92 Å². The first-order valence-corrected chi connectivity index (χ1v) is 4.99. The number of halogens is 3. The number of benzene rings is 1. The number of alkyl halides is 3. The third kappa shape index (κ3) is 2.43. The van der Waals surface area contributed by atoms with E-state index in [1.165, 1.54) is 6.92 Å². The van der Waals surface area contributed by atoms with Gasteiger partial charge < -0.3 is 0 Å². The second kappa shape index (κ2) is 4.28. The number of Topliss-reactive ketones (excluding diaryl/α,β-unsaturated/α-hetero) is 1. The molecule has 0 aliphatic heterocycles. The topological polar surface area (TPSA) is 17.1 Å². The predicted molar refractivity (Wildman–Crippen MR) is 55.6 cm³/mol. The van der Waals surface area contributed by atoms with Crippen LogP contribution in [0.4, 0.5) is 13.2 Å². The van der Waals surface area contributed by atoms with E-state index in [4.69, 9.17) is 0 Å². The molecule has 88 valence electrons. The van der Waals surface area contributed by atoms with Gasteiger partial charge in [-0.3, -0.25) is 4.79 Å². The Labute approximate surface area is 92.3 Å². The summed E-state index contributed by atoms with van der Waals surface area (Å²) < 4.78 is 37.6. The average molecular weight is 230 g/mol. The minimum Gasteiger partial charge on any atom is -0.295 e. The van der Waals surface area contributed by atoms with Crippen LogP contribution in [-0.2, 0) is 12.6 Å². The van der Waals surface area contributed by atoms with E-state index in [0.717, 1.165) is 12.1 Å². The molecule has 0 heterocycles. The lowest BCUT2D eigenvalue weighted by molar-refractivity contribution is -0.137. The molecule has 0 spiro atoms. The van der Waals surface area contributed by atoms with Crippen LogP contribution in [-0.4, -0.2) is 5.78 Å². The third-order valence-electron chi connectivity index (χ3n) is 2.53. The molecule has 0 aliphatic rings. The first-order valence-electron chi connectivity index (χ1n) is 4.99. The Bertz CT molecular complexity index is 419. The monoisotopic (exact) mass is 230 g/mol. The number of aryl methyl sites for hydroxylation is 1. The van der Waals surface area contributed by atoms with E-state index in [0.29, 0.717) is 17.5 Å². The van der Waals surface area contributed by atoms with E-state index >= 15 is 0 Å². The van der Waals surface area contributed by atoms with Gasteiger partial charge in [0.25, 0.3) is 0 Å². The van der Waals surface area contributed by atoms with Gasteiger partial charge in [-0.2, -0.15) is 13.2 Å². The minimum absolute atomic E-state index is 0.176. The second-order valence-corrected chi connectivity index (χ2v) is 3.73. The summed E-state index contributed by atoms with van der Waals surface area (Å²) in [7, 11) is 0. The Kier molecular flexibility index (Phi) is 3.41. The smallest absolute Gasteiger partial charge is 0.295 e. The van der Waals surface area contributed by atoms with Crippen LogP contribution in [0.1, 0.15) is 40.9 Å². The van der Waals surface area contributed by atoms with Crippen LogP contribution in [0.3, 0.4) is 0 Å². The lowest BCUT2D eigenvalue weighted by Gasteiger charge is -2.13. The molecule has 0 amide bonds. The molecule has 16 heavy (non-hydrogen) atoms. The molecule has 0 aromatic heterocycles. The van der Waals surface area contributed by atoms with E-state index < -0.39 is 11.7 Å². The van der Waals surface area contributed by atoms with E-state index in [9.17, 15) is 18.0 Å². The van der Waals surface area contributed by atoms with Crippen LogP contribution in [0.2, 0.25) is 0 Å². The first-order chi connectivity index (χ1) is 7.27. The highest BCUT2D eigenvalue weighted by Gasteiger charge is 2.32. The number of ketones is 1. The van der Waals surface area contributed by atoms with Gasteiger partial charge >= 0.3 is 6.18 Å². The Morgan fingerprint density at radius 2 is 1.88 bits per heavy atom. The normalized spacial score (nSPS) is 11.6. The summed E-state index contributed by atoms with van der Waals surface area (Å²) in [6.45, 7) is 4.70. The first kappa shape index (κ1) is 12.7. The molecule has 0 aliphatic carbocycles. The summed E-state index contributed by atoms with van der Waals surface area (Å²) in [5, 5.41) is 0. The molecule has 0 bridgehead atoms. The van der Waals surface area contributed by atoms with Gasteiger partial charge in [0, 0.05) is 5.56 Å². The van der Waals surface area contributed by atoms with Gasteiger partial charge in [-0.25, -0.2) is 0 Å². The van der Waals surface area contributed by atoms with Gasteiger partial charge in [-0.1, -0.05) is 6.92 Å². The quantitative estimate of drug-likeness (QED) is 0.706. The third-order valence-corrected chi connectivity index (χ3v) is 2.53. The highest BCUT2D eigenvalue weighted by molar-refractivity contribution is 5.96. The zero-order valence-corrected chi connectivity index (χ0v) is 9.40. The van der Waals surface area contributed by atoms with Crippen molar-refractivity contribution < 1.29 is 18.0 Å². The van der Waals surface area contributed by atoms with Crippen molar-refractivity contribution in [2.75, 3.05) is 0 Å². The van der Waals surface area contributed by atoms with E-state index in [-0.39, 0.29) is 11.3 Å². The molecule has 0 atom stereocenters. The highest BCUT2D eigenvalue weighted by atomic mass is 19.4. The number of rotatable bonds is 2. The van der Waals surface area contributed by atoms with Crippen molar-refractivity contribution >= 4 is 5.78 Å². The van der Waals surface area contributed by atoms with Crippen molar-refractivity contribution in [1.82, 2.24) is 0 Å². The van der Waals surface area contributed by atoms with Gasteiger partial charge in [-0.05, 0) is 43.5 Å². The van der Waals surface area contributed by atoms with Crippen molar-refractivity contribution in [3.05, 3.63) is 34.4 Å². The van der Waals surface area contributed by atoms with Gasteiger partial charge in [0.1, 0.15) is 0 Å². The van der Waals surface area contributed by atoms with Crippen LogP contribution in [0.5, 0.6) is 0 Å². The van der Waals surface area contributed by atoms with Crippen molar-refractivity contribution in [2.45, 2.75) is 33.4 Å². The summed E-state index contributed by atoms with van der Waals surface area (Å²) in [6, 6.07) is 2.03. The lowest BCUT2D eigenvalue weighted by Crippen LogP contribution is -2.10. The van der Waals surface area contributed by atoms with Crippen LogP contribution >= 0.6 is 0 Å². The van der Waals surface area contributed by atoms with Gasteiger partial charge in [-0.15, -0.1) is 0 Å². The molecule has 0 saturated carbocycles. The molecule has 0 saturated heterocycles. The molecule has 1 aromatic carbocycles. The summed E-state index contributed by atoms with van der Waals surface area (Å²) >= 11 is 0. The molecule has 0 N–H and O–H groups in total. The van der Waals surface area contributed by atoms with Crippen molar-refractivity contribution in [3.8, 4) is 0 Å². The maximum absolute atomic E-state index is 12.5. The molecule has 1 aromatic rings. The van der Waals surface area contributed by atoms with Crippen LogP contribution < -0.4 is 0 Å². The average Bonchev–Trinajstić information content (AvgIpc) is 2.14. The minimum atomic E-state index is -4.40. The summed E-state index contributed by atoms with van der Waals surface area (Å²) in [6.07, 6.45) is -3.85. The lowest BCUT2D eigenvalue weighted by atomic mass is 9.94. The van der Waals surface area contributed by atoms with Crippen LogP contribution in [0.25, 0.3) is 0 Å². The maximum atomic E-state index is 12.5. The fourth-order valence-corrected chi connectivity index (χ4v) is 1.76. The fourth-order valence-electron chi connectivity index (χ4n) is 1.76. The summed E-state index contributed by atoms with van der Waals surface area (Å²) in [5.74, 6) is -0.328. The second-order valence-electron chi connectivity index (χ2n) is 3.73. The van der Waals surface area contributed by atoms with Gasteiger partial charge in [0.15, 0.2) is 5.78 Å². The van der Waals surface area contributed by atoms with E-state index in [2.05, 4.69) is 0 Å². The Hall–Kier alpha value is -1.32. The molecular formula is C12H13F3O. The summed E-state index contributed by atoms with van der Waals surface area (Å²) in [4.78, 5) is 11.3. The fraction of sp³-hybridized carbons (Fsp3) is 0.417. The zero-order valence-electron chi connectivity index (χ0n) is 9.40. The number of hydrogen-bond donors (Lipinski definition) is 0. The number of carbonyl (C=O) groups excluding carboxylic acids is 1. The van der Waals surface area contributed by atoms with Crippen LogP contribution in [0, 0.1) is 6.92 Å². The number of hydrogen-bond acceptors (Lipinski definition) is 1. The van der Waals surface area contributed by atoms with Gasteiger partial charge in [0.05, 0.1) is 5.56 Å². The molecular weight excluding hydrogens is 217 g/mol. The SMILES string of the molecule is CCc1c(C)cc(C(F)(F)F)cc1C(C)=O. The molecule has 0 fully saturated rings. The number of carbonyl (C=O) groups is 1. The molecule has 1 nitrogen and oxygen atoms in total. The summed E-state index contributed by atoms with van der Waals surface area (Å²) in [5.41, 5.74) is 0.630. The Morgan fingerprint density at radius 3 is 2.25 bits per heavy atom. The highest BCUT2D eigenvalue weighted by Crippen LogP contribution is 2.32. The molecule has 1 rings (SSSR count). The Morgan fingerprint density at radius 1 is 1.31 bits per heavy atom.